The number of nitrogens with one attached hydrogen (secondary N) is 1. The lowest BCUT2D eigenvalue weighted by Crippen LogP contribution is -2.36. The van der Waals surface area contributed by atoms with E-state index in [1.165, 1.54) is 48.0 Å². The molecule has 0 radical (unpaired) electrons. The Bertz CT molecular complexity index is 714. The van der Waals surface area contributed by atoms with E-state index >= 15 is 0 Å². The monoisotopic (exact) mass is 333 g/mol. The van der Waals surface area contributed by atoms with Crippen molar-refractivity contribution < 1.29 is 4.79 Å². The van der Waals surface area contributed by atoms with E-state index in [2.05, 4.69) is 10.3 Å². The summed E-state index contributed by atoms with van der Waals surface area (Å²) in [5.41, 5.74) is -0.0602. The molecular weight excluding hydrogens is 310 g/mol. The molecule has 0 bridgehead atoms. The van der Waals surface area contributed by atoms with Gasteiger partial charge in [-0.15, -0.1) is 11.3 Å². The third kappa shape index (κ3) is 4.19. The van der Waals surface area contributed by atoms with Crippen LogP contribution in [0.4, 0.5) is 0 Å². The molecule has 2 aromatic heterocycles. The molecule has 2 heterocycles. The zero-order chi connectivity index (χ0) is 16.1. The Labute approximate surface area is 139 Å². The third-order valence-electron chi connectivity index (χ3n) is 4.50. The van der Waals surface area contributed by atoms with E-state index in [9.17, 15) is 9.59 Å². The highest BCUT2D eigenvalue weighted by atomic mass is 32.1. The van der Waals surface area contributed by atoms with E-state index in [-0.39, 0.29) is 11.5 Å². The van der Waals surface area contributed by atoms with Crippen LogP contribution in [0.15, 0.2) is 22.6 Å². The fourth-order valence-electron chi connectivity index (χ4n) is 3.17. The first-order valence-electron chi connectivity index (χ1n) is 8.46. The molecule has 2 aromatic rings. The molecule has 1 aliphatic rings. The number of nitrogens with zero attached hydrogens (tertiary/aromatic N) is 2. The normalized spacial score (nSPS) is 16.9. The van der Waals surface area contributed by atoms with Crippen LogP contribution in [0.1, 0.15) is 51.4 Å². The predicted octanol–water partition coefficient (Wildman–Crippen LogP) is 3.08. The van der Waals surface area contributed by atoms with E-state index in [0.717, 1.165) is 17.7 Å². The minimum atomic E-state index is -0.0602. The van der Waals surface area contributed by atoms with Gasteiger partial charge in [-0.05, 0) is 24.3 Å². The van der Waals surface area contributed by atoms with Crippen LogP contribution in [0.2, 0.25) is 0 Å². The molecule has 1 amide bonds. The van der Waals surface area contributed by atoms with Crippen molar-refractivity contribution in [1.29, 1.82) is 0 Å². The summed E-state index contributed by atoms with van der Waals surface area (Å²) in [6, 6.07) is 2.09. The molecule has 0 atom stereocenters. The van der Waals surface area contributed by atoms with Gasteiger partial charge < -0.3 is 5.32 Å². The van der Waals surface area contributed by atoms with Gasteiger partial charge in [0.25, 0.3) is 5.56 Å². The van der Waals surface area contributed by atoms with Crippen molar-refractivity contribution in [2.45, 2.75) is 64.0 Å². The van der Waals surface area contributed by atoms with Crippen LogP contribution in [0.5, 0.6) is 0 Å². The van der Waals surface area contributed by atoms with Crippen LogP contribution >= 0.6 is 11.3 Å². The second-order valence-electron chi connectivity index (χ2n) is 6.24. The summed E-state index contributed by atoms with van der Waals surface area (Å²) >= 11 is 1.46. The molecule has 124 valence electrons. The molecule has 5 nitrogen and oxygen atoms in total. The Kier molecular flexibility index (Phi) is 5.43. The maximum absolute atomic E-state index is 12.3. The summed E-state index contributed by atoms with van der Waals surface area (Å²) in [5, 5.41) is 5.64. The molecule has 1 fully saturated rings. The molecule has 1 saturated carbocycles. The minimum absolute atomic E-state index is 0.0351. The van der Waals surface area contributed by atoms with Crippen LogP contribution in [-0.4, -0.2) is 21.5 Å². The van der Waals surface area contributed by atoms with Crippen molar-refractivity contribution in [3.63, 3.8) is 0 Å². The lowest BCUT2D eigenvalue weighted by molar-refractivity contribution is -0.122. The minimum Gasteiger partial charge on any atom is -0.353 e. The summed E-state index contributed by atoms with van der Waals surface area (Å²) in [6.07, 6.45) is 10.3. The second kappa shape index (κ2) is 7.73. The van der Waals surface area contributed by atoms with Crippen molar-refractivity contribution in [2.24, 2.45) is 0 Å². The Balaban J connectivity index is 1.55. The van der Waals surface area contributed by atoms with Gasteiger partial charge in [0, 0.05) is 19.0 Å². The first-order valence-corrected chi connectivity index (χ1v) is 9.34. The predicted molar refractivity (Wildman–Crippen MR) is 92.7 cm³/mol. The fourth-order valence-corrected chi connectivity index (χ4v) is 3.90. The molecular formula is C17H23N3O2S. The molecule has 3 rings (SSSR count). The number of hydrogen-bond acceptors (Lipinski definition) is 4. The maximum atomic E-state index is 12.3. The zero-order valence-electron chi connectivity index (χ0n) is 13.3. The SMILES string of the molecule is O=C(CCn1cnc2sccc2c1=O)NC1CCCCCCC1. The van der Waals surface area contributed by atoms with Crippen molar-refractivity contribution in [1.82, 2.24) is 14.9 Å². The largest absolute Gasteiger partial charge is 0.353 e. The number of rotatable bonds is 4. The van der Waals surface area contributed by atoms with E-state index in [4.69, 9.17) is 0 Å². The van der Waals surface area contributed by atoms with Gasteiger partial charge in [0.2, 0.25) is 5.91 Å². The Morgan fingerprint density at radius 3 is 2.78 bits per heavy atom. The van der Waals surface area contributed by atoms with Gasteiger partial charge in [-0.1, -0.05) is 32.1 Å². The molecule has 23 heavy (non-hydrogen) atoms. The Morgan fingerprint density at radius 2 is 2.00 bits per heavy atom. The standard InChI is InChI=1S/C17H23N3O2S/c21-15(19-13-6-4-2-1-3-5-7-13)8-10-20-12-18-16-14(17(20)22)9-11-23-16/h9,11-13H,1-8,10H2,(H,19,21). The van der Waals surface area contributed by atoms with Crippen LogP contribution in [-0.2, 0) is 11.3 Å². The van der Waals surface area contributed by atoms with E-state index in [1.54, 1.807) is 12.4 Å². The van der Waals surface area contributed by atoms with E-state index in [1.807, 2.05) is 5.38 Å². The van der Waals surface area contributed by atoms with Gasteiger partial charge in [0.15, 0.2) is 0 Å². The number of aromatic nitrogens is 2. The number of amides is 1. The summed E-state index contributed by atoms with van der Waals surface area (Å²) in [7, 11) is 0. The van der Waals surface area contributed by atoms with Crippen molar-refractivity contribution in [3.8, 4) is 0 Å². The fraction of sp³-hybridized carbons (Fsp3) is 0.588. The number of thiophene rings is 1. The van der Waals surface area contributed by atoms with Gasteiger partial charge >= 0.3 is 0 Å². The summed E-state index contributed by atoms with van der Waals surface area (Å²) < 4.78 is 1.53. The number of aryl methyl sites for hydroxylation is 1. The van der Waals surface area contributed by atoms with Crippen LogP contribution in [0.25, 0.3) is 10.2 Å². The molecule has 1 N–H and O–H groups in total. The van der Waals surface area contributed by atoms with Crippen LogP contribution in [0, 0.1) is 0 Å². The zero-order valence-corrected chi connectivity index (χ0v) is 14.1. The number of hydrogen-bond donors (Lipinski definition) is 1. The smallest absolute Gasteiger partial charge is 0.262 e. The van der Waals surface area contributed by atoms with Gasteiger partial charge in [0.1, 0.15) is 4.83 Å². The molecule has 0 aromatic carbocycles. The van der Waals surface area contributed by atoms with Gasteiger partial charge in [0.05, 0.1) is 11.7 Å². The summed E-state index contributed by atoms with van der Waals surface area (Å²) in [4.78, 5) is 29.5. The highest BCUT2D eigenvalue weighted by Gasteiger charge is 2.14. The number of carbonyl (C=O) groups is 1. The van der Waals surface area contributed by atoms with Gasteiger partial charge in [-0.2, -0.15) is 0 Å². The quantitative estimate of drug-likeness (QED) is 0.935. The average molecular weight is 333 g/mol. The summed E-state index contributed by atoms with van der Waals surface area (Å²) in [6.45, 7) is 0.385. The highest BCUT2D eigenvalue weighted by molar-refractivity contribution is 7.16. The van der Waals surface area contributed by atoms with Crippen molar-refractivity contribution in [2.75, 3.05) is 0 Å². The van der Waals surface area contributed by atoms with E-state index in [0.29, 0.717) is 24.4 Å². The van der Waals surface area contributed by atoms with Gasteiger partial charge in [-0.3, -0.25) is 14.2 Å². The molecule has 1 aliphatic carbocycles. The summed E-state index contributed by atoms with van der Waals surface area (Å²) in [5.74, 6) is 0.0351. The van der Waals surface area contributed by atoms with Crippen molar-refractivity contribution >= 4 is 27.5 Å². The molecule has 0 aliphatic heterocycles. The topological polar surface area (TPSA) is 64.0 Å². The maximum Gasteiger partial charge on any atom is 0.262 e. The molecule has 0 saturated heterocycles. The second-order valence-corrected chi connectivity index (χ2v) is 7.14. The molecule has 6 heteroatoms. The first kappa shape index (κ1) is 16.2. The van der Waals surface area contributed by atoms with Crippen LogP contribution < -0.4 is 10.9 Å². The van der Waals surface area contributed by atoms with E-state index < -0.39 is 0 Å². The van der Waals surface area contributed by atoms with Crippen molar-refractivity contribution in [3.05, 3.63) is 28.1 Å². The Hall–Kier alpha value is -1.69. The molecule has 0 spiro atoms. The number of carbonyl (C=O) groups excluding carboxylic acids is 1. The van der Waals surface area contributed by atoms with Crippen LogP contribution in [0.3, 0.4) is 0 Å². The molecule has 0 unspecified atom stereocenters. The average Bonchev–Trinajstić information content (AvgIpc) is 2.98. The Morgan fingerprint density at radius 1 is 1.26 bits per heavy atom. The third-order valence-corrected chi connectivity index (χ3v) is 5.32. The highest BCUT2D eigenvalue weighted by Crippen LogP contribution is 2.17. The lowest BCUT2D eigenvalue weighted by Gasteiger charge is -2.21. The number of fused-ring (bicyclic) bond motifs is 1. The first-order chi connectivity index (χ1) is 11.2. The van der Waals surface area contributed by atoms with Gasteiger partial charge in [-0.25, -0.2) is 4.98 Å². The lowest BCUT2D eigenvalue weighted by atomic mass is 9.96.